The number of unbranched alkanes of at least 4 members (excludes halogenated alkanes) is 2. The standard InChI is InChI=1S/C12H10.C6H13Cl2P/c1-3-7-11(8-4-1)12-9-5-2-6-10-12;7-6(8)4-2-1-3-5-9/h1-10H;6H,1-5,9H2. The van der Waals surface area contributed by atoms with Crippen LogP contribution in [0, 0.1) is 0 Å². The zero-order valence-corrected chi connectivity index (χ0v) is 14.9. The molecular formula is C18H23Cl2P. The lowest BCUT2D eigenvalue weighted by Crippen LogP contribution is -1.86. The van der Waals surface area contributed by atoms with E-state index in [0.717, 1.165) is 12.8 Å². The van der Waals surface area contributed by atoms with E-state index in [4.69, 9.17) is 23.2 Å². The maximum atomic E-state index is 5.52. The third-order valence-corrected chi connectivity index (χ3v) is 3.85. The van der Waals surface area contributed by atoms with E-state index in [1.165, 1.54) is 30.1 Å². The lowest BCUT2D eigenvalue weighted by atomic mass is 10.1. The highest BCUT2D eigenvalue weighted by molar-refractivity contribution is 7.16. The van der Waals surface area contributed by atoms with E-state index < -0.39 is 0 Å². The lowest BCUT2D eigenvalue weighted by Gasteiger charge is -1.98. The van der Waals surface area contributed by atoms with Crippen molar-refractivity contribution >= 4 is 32.4 Å². The van der Waals surface area contributed by atoms with Crippen molar-refractivity contribution in [1.82, 2.24) is 0 Å². The van der Waals surface area contributed by atoms with Crippen LogP contribution in [0.3, 0.4) is 0 Å². The fraction of sp³-hybridized carbons (Fsp3) is 0.333. The summed E-state index contributed by atoms with van der Waals surface area (Å²) in [5.41, 5.74) is 2.55. The molecule has 0 saturated carbocycles. The second kappa shape index (κ2) is 12.0. The molecule has 2 aromatic carbocycles. The molecule has 0 aliphatic heterocycles. The van der Waals surface area contributed by atoms with Gasteiger partial charge in [-0.25, -0.2) is 0 Å². The van der Waals surface area contributed by atoms with Gasteiger partial charge < -0.3 is 0 Å². The second-order valence-electron chi connectivity index (χ2n) is 4.76. The molecule has 0 heterocycles. The number of alkyl halides is 2. The molecule has 1 unspecified atom stereocenters. The quantitative estimate of drug-likeness (QED) is 0.316. The van der Waals surface area contributed by atoms with Gasteiger partial charge >= 0.3 is 0 Å². The summed E-state index contributed by atoms with van der Waals surface area (Å²) < 4.78 is 0. The Kier molecular flexibility index (Phi) is 10.6. The summed E-state index contributed by atoms with van der Waals surface area (Å²) in [6, 6.07) is 20.8. The first-order valence-electron chi connectivity index (χ1n) is 7.32. The molecule has 3 heteroatoms. The van der Waals surface area contributed by atoms with E-state index in [-0.39, 0.29) is 4.84 Å². The average Bonchev–Trinajstić information content (AvgIpc) is 2.54. The van der Waals surface area contributed by atoms with Crippen molar-refractivity contribution in [3.63, 3.8) is 0 Å². The summed E-state index contributed by atoms with van der Waals surface area (Å²) in [6.07, 6.45) is 5.81. The van der Waals surface area contributed by atoms with Crippen LogP contribution in [0.5, 0.6) is 0 Å². The van der Waals surface area contributed by atoms with Gasteiger partial charge in [-0.05, 0) is 30.1 Å². The van der Waals surface area contributed by atoms with Gasteiger partial charge in [0.2, 0.25) is 0 Å². The summed E-state index contributed by atoms with van der Waals surface area (Å²) in [7, 11) is 2.71. The van der Waals surface area contributed by atoms with Crippen molar-refractivity contribution < 1.29 is 0 Å². The van der Waals surface area contributed by atoms with Crippen LogP contribution in [0.1, 0.15) is 25.7 Å². The molecule has 0 saturated heterocycles. The Labute approximate surface area is 141 Å². The molecule has 2 aromatic rings. The molecule has 21 heavy (non-hydrogen) atoms. The predicted molar refractivity (Wildman–Crippen MR) is 100 cm³/mol. The molecule has 0 fully saturated rings. The van der Waals surface area contributed by atoms with Crippen LogP contribution < -0.4 is 0 Å². The van der Waals surface area contributed by atoms with Crippen LogP contribution in [-0.2, 0) is 0 Å². The molecular weight excluding hydrogens is 318 g/mol. The maximum absolute atomic E-state index is 5.52. The Morgan fingerprint density at radius 1 is 0.714 bits per heavy atom. The fourth-order valence-electron chi connectivity index (χ4n) is 1.88. The van der Waals surface area contributed by atoms with Crippen LogP contribution in [-0.4, -0.2) is 11.0 Å². The lowest BCUT2D eigenvalue weighted by molar-refractivity contribution is 0.696. The number of rotatable bonds is 6. The zero-order valence-electron chi connectivity index (χ0n) is 12.2. The van der Waals surface area contributed by atoms with Crippen LogP contribution in [0.15, 0.2) is 60.7 Å². The third kappa shape index (κ3) is 9.14. The molecule has 0 aliphatic carbocycles. The van der Waals surface area contributed by atoms with Crippen LogP contribution in [0.25, 0.3) is 11.1 Å². The molecule has 1 atom stereocenters. The van der Waals surface area contributed by atoms with E-state index in [1.807, 2.05) is 12.1 Å². The number of benzene rings is 2. The Morgan fingerprint density at radius 2 is 1.19 bits per heavy atom. The molecule has 0 radical (unpaired) electrons. The van der Waals surface area contributed by atoms with Gasteiger partial charge in [-0.3, -0.25) is 0 Å². The van der Waals surface area contributed by atoms with Gasteiger partial charge in [-0.15, -0.1) is 32.4 Å². The molecule has 0 aromatic heterocycles. The van der Waals surface area contributed by atoms with Gasteiger partial charge in [0.25, 0.3) is 0 Å². The first kappa shape index (κ1) is 18.5. The smallest absolute Gasteiger partial charge is 0.107 e. The highest BCUT2D eigenvalue weighted by Gasteiger charge is 1.96. The van der Waals surface area contributed by atoms with E-state index in [9.17, 15) is 0 Å². The van der Waals surface area contributed by atoms with Crippen LogP contribution in [0.2, 0.25) is 0 Å². The highest BCUT2D eigenvalue weighted by atomic mass is 35.5. The molecule has 0 N–H and O–H groups in total. The normalized spacial score (nSPS) is 10.1. The molecule has 114 valence electrons. The Bertz CT molecular complexity index is 420. The van der Waals surface area contributed by atoms with Gasteiger partial charge in [-0.2, -0.15) is 0 Å². The van der Waals surface area contributed by atoms with Gasteiger partial charge in [0, 0.05) is 0 Å². The van der Waals surface area contributed by atoms with E-state index >= 15 is 0 Å². The summed E-state index contributed by atoms with van der Waals surface area (Å²) >= 11 is 11.0. The van der Waals surface area contributed by atoms with E-state index in [1.54, 1.807) is 0 Å². The van der Waals surface area contributed by atoms with Crippen LogP contribution >= 0.6 is 32.4 Å². The predicted octanol–water partition coefficient (Wildman–Crippen LogP) is 6.58. The van der Waals surface area contributed by atoms with Crippen molar-refractivity contribution in [2.24, 2.45) is 0 Å². The molecule has 0 aliphatic rings. The van der Waals surface area contributed by atoms with Gasteiger partial charge in [0.05, 0.1) is 0 Å². The Hall–Kier alpha value is -0.550. The molecule has 0 spiro atoms. The number of halogens is 2. The third-order valence-electron chi connectivity index (χ3n) is 3.01. The monoisotopic (exact) mass is 340 g/mol. The minimum atomic E-state index is -0.158. The molecule has 0 bridgehead atoms. The van der Waals surface area contributed by atoms with Crippen molar-refractivity contribution in [3.05, 3.63) is 60.7 Å². The topological polar surface area (TPSA) is 0 Å². The van der Waals surface area contributed by atoms with Crippen molar-refractivity contribution in [1.29, 1.82) is 0 Å². The first-order valence-corrected chi connectivity index (χ1v) is 9.01. The SMILES string of the molecule is PCCCCCC(Cl)Cl.c1ccc(-c2ccccc2)cc1. The largest absolute Gasteiger partial charge is 0.138 e. The minimum absolute atomic E-state index is 0.158. The van der Waals surface area contributed by atoms with Crippen LogP contribution in [0.4, 0.5) is 0 Å². The average molecular weight is 341 g/mol. The summed E-state index contributed by atoms with van der Waals surface area (Å²) in [4.78, 5) is -0.158. The van der Waals surface area contributed by atoms with Crippen molar-refractivity contribution in [3.8, 4) is 11.1 Å². The van der Waals surface area contributed by atoms with Gasteiger partial charge in [0.1, 0.15) is 4.84 Å². The molecule has 0 nitrogen and oxygen atoms in total. The van der Waals surface area contributed by atoms with Crippen molar-refractivity contribution in [2.45, 2.75) is 30.5 Å². The van der Waals surface area contributed by atoms with E-state index in [0.29, 0.717) is 0 Å². The molecule has 2 rings (SSSR count). The Morgan fingerprint density at radius 3 is 1.57 bits per heavy atom. The highest BCUT2D eigenvalue weighted by Crippen LogP contribution is 2.17. The van der Waals surface area contributed by atoms with E-state index in [2.05, 4.69) is 57.8 Å². The summed E-state index contributed by atoms with van der Waals surface area (Å²) in [6.45, 7) is 0. The number of hydrogen-bond acceptors (Lipinski definition) is 0. The first-order chi connectivity index (χ1) is 10.2. The van der Waals surface area contributed by atoms with Crippen molar-refractivity contribution in [2.75, 3.05) is 6.16 Å². The Balaban J connectivity index is 0.000000222. The summed E-state index contributed by atoms with van der Waals surface area (Å²) in [5, 5.41) is 0. The van der Waals surface area contributed by atoms with Gasteiger partial charge in [0.15, 0.2) is 0 Å². The maximum Gasteiger partial charge on any atom is 0.107 e. The second-order valence-corrected chi connectivity index (χ2v) is 6.62. The fourth-order valence-corrected chi connectivity index (χ4v) is 2.48. The minimum Gasteiger partial charge on any atom is -0.138 e. The zero-order chi connectivity index (χ0) is 15.3. The number of hydrogen-bond donors (Lipinski definition) is 0. The summed E-state index contributed by atoms with van der Waals surface area (Å²) in [5.74, 6) is 0. The van der Waals surface area contributed by atoms with Gasteiger partial charge in [-0.1, -0.05) is 73.5 Å². The molecule has 0 amide bonds.